The second-order valence-corrected chi connectivity index (χ2v) is 6.33. The molecular weight excluding hydrogens is 354 g/mol. The molecule has 1 aliphatic rings. The lowest BCUT2D eigenvalue weighted by molar-refractivity contribution is -0.384. The van der Waals surface area contributed by atoms with Crippen LogP contribution in [0.25, 0.3) is 0 Å². The lowest BCUT2D eigenvalue weighted by Gasteiger charge is -2.31. The van der Waals surface area contributed by atoms with Crippen molar-refractivity contribution in [2.75, 3.05) is 38.7 Å². The van der Waals surface area contributed by atoms with Crippen molar-refractivity contribution in [2.24, 2.45) is 5.92 Å². The van der Waals surface area contributed by atoms with Crippen LogP contribution in [0, 0.1) is 16.0 Å². The van der Waals surface area contributed by atoms with Gasteiger partial charge in [0.15, 0.2) is 0 Å². The first-order chi connectivity index (χ1) is 12.9. The van der Waals surface area contributed by atoms with Gasteiger partial charge in [-0.25, -0.2) is 0 Å². The van der Waals surface area contributed by atoms with E-state index in [-0.39, 0.29) is 35.6 Å². The van der Waals surface area contributed by atoms with Crippen LogP contribution in [0.4, 0.5) is 11.4 Å². The van der Waals surface area contributed by atoms with Gasteiger partial charge < -0.3 is 19.7 Å². The average molecular weight is 379 g/mol. The lowest BCUT2D eigenvalue weighted by atomic mass is 9.98. The summed E-state index contributed by atoms with van der Waals surface area (Å²) in [5.74, 6) is -0.257. The van der Waals surface area contributed by atoms with Gasteiger partial charge in [0, 0.05) is 31.6 Å². The second kappa shape index (κ2) is 9.86. The van der Waals surface area contributed by atoms with Crippen LogP contribution in [0.15, 0.2) is 18.2 Å². The predicted octanol–water partition coefficient (Wildman–Crippen LogP) is 2.21. The Bertz CT molecular complexity index is 694. The van der Waals surface area contributed by atoms with Gasteiger partial charge in [-0.15, -0.1) is 0 Å². The van der Waals surface area contributed by atoms with Gasteiger partial charge >= 0.3 is 5.97 Å². The summed E-state index contributed by atoms with van der Waals surface area (Å²) in [7, 11) is 1.43. The second-order valence-electron chi connectivity index (χ2n) is 6.33. The van der Waals surface area contributed by atoms with E-state index in [0.717, 1.165) is 19.4 Å². The summed E-state index contributed by atoms with van der Waals surface area (Å²) in [6, 6.07) is 4.04. The molecule has 1 aromatic carbocycles. The number of anilines is 1. The first-order valence-corrected chi connectivity index (χ1v) is 8.95. The van der Waals surface area contributed by atoms with E-state index in [9.17, 15) is 19.7 Å². The van der Waals surface area contributed by atoms with Crippen molar-refractivity contribution in [1.82, 2.24) is 4.90 Å². The van der Waals surface area contributed by atoms with Crippen molar-refractivity contribution < 1.29 is 24.0 Å². The zero-order valence-electron chi connectivity index (χ0n) is 15.6. The van der Waals surface area contributed by atoms with E-state index in [0.29, 0.717) is 25.4 Å². The SMILES string of the molecule is CCOC(=O)C1CCCN(CCC(=O)Nc2cc([N+](=O)[O-])ccc2OC)C1. The molecule has 0 radical (unpaired) electrons. The number of carbonyl (C=O) groups excluding carboxylic acids is 2. The number of nitro benzene ring substituents is 1. The van der Waals surface area contributed by atoms with E-state index >= 15 is 0 Å². The molecule has 1 aromatic rings. The normalized spacial score (nSPS) is 17.2. The molecule has 1 saturated heterocycles. The number of hydrogen-bond acceptors (Lipinski definition) is 7. The minimum absolute atomic E-state index is 0.126. The molecule has 0 aromatic heterocycles. The molecule has 1 fully saturated rings. The highest BCUT2D eigenvalue weighted by atomic mass is 16.6. The number of rotatable bonds is 8. The van der Waals surface area contributed by atoms with Crippen molar-refractivity contribution in [3.8, 4) is 5.75 Å². The molecule has 148 valence electrons. The number of likely N-dealkylation sites (tertiary alicyclic amines) is 1. The molecule has 1 N–H and O–H groups in total. The zero-order valence-corrected chi connectivity index (χ0v) is 15.6. The molecule has 0 spiro atoms. The minimum Gasteiger partial charge on any atom is -0.495 e. The van der Waals surface area contributed by atoms with E-state index < -0.39 is 4.92 Å². The largest absolute Gasteiger partial charge is 0.495 e. The average Bonchev–Trinajstić information content (AvgIpc) is 2.66. The third-order valence-electron chi connectivity index (χ3n) is 4.45. The number of esters is 1. The highest BCUT2D eigenvalue weighted by Gasteiger charge is 2.27. The van der Waals surface area contributed by atoms with Crippen molar-refractivity contribution >= 4 is 23.3 Å². The number of nitro groups is 1. The molecule has 1 heterocycles. The molecular formula is C18H25N3O6. The molecule has 0 aliphatic carbocycles. The van der Waals surface area contributed by atoms with E-state index in [1.54, 1.807) is 6.92 Å². The topological polar surface area (TPSA) is 111 Å². The van der Waals surface area contributed by atoms with Crippen LogP contribution in [-0.4, -0.2) is 55.1 Å². The molecule has 1 amide bonds. The predicted molar refractivity (Wildman–Crippen MR) is 98.7 cm³/mol. The molecule has 1 aliphatic heterocycles. The van der Waals surface area contributed by atoms with E-state index in [2.05, 4.69) is 10.2 Å². The molecule has 0 bridgehead atoms. The number of non-ortho nitro benzene ring substituents is 1. The number of piperidine rings is 1. The Morgan fingerprint density at radius 2 is 2.19 bits per heavy atom. The maximum Gasteiger partial charge on any atom is 0.310 e. The van der Waals surface area contributed by atoms with Crippen LogP contribution >= 0.6 is 0 Å². The summed E-state index contributed by atoms with van der Waals surface area (Å²) in [5, 5.41) is 13.6. The van der Waals surface area contributed by atoms with Crippen molar-refractivity contribution in [1.29, 1.82) is 0 Å². The fourth-order valence-corrected chi connectivity index (χ4v) is 3.09. The van der Waals surface area contributed by atoms with Crippen LogP contribution in [0.2, 0.25) is 0 Å². The van der Waals surface area contributed by atoms with Gasteiger partial charge in [-0.2, -0.15) is 0 Å². The first-order valence-electron chi connectivity index (χ1n) is 8.95. The van der Waals surface area contributed by atoms with Gasteiger partial charge in [-0.3, -0.25) is 19.7 Å². The van der Waals surface area contributed by atoms with Crippen LogP contribution in [-0.2, 0) is 14.3 Å². The Morgan fingerprint density at radius 3 is 2.85 bits per heavy atom. The van der Waals surface area contributed by atoms with E-state index in [1.807, 2.05) is 0 Å². The molecule has 1 atom stereocenters. The highest BCUT2D eigenvalue weighted by Crippen LogP contribution is 2.29. The lowest BCUT2D eigenvalue weighted by Crippen LogP contribution is -2.40. The fourth-order valence-electron chi connectivity index (χ4n) is 3.09. The zero-order chi connectivity index (χ0) is 19.8. The summed E-state index contributed by atoms with van der Waals surface area (Å²) in [5.41, 5.74) is 0.138. The number of carbonyl (C=O) groups is 2. The van der Waals surface area contributed by atoms with Crippen LogP contribution in [0.3, 0.4) is 0 Å². The maximum atomic E-state index is 12.3. The van der Waals surface area contributed by atoms with E-state index in [4.69, 9.17) is 9.47 Å². The Hall–Kier alpha value is -2.68. The quantitative estimate of drug-likeness (QED) is 0.419. The number of benzene rings is 1. The molecule has 9 heteroatoms. The van der Waals surface area contributed by atoms with Crippen molar-refractivity contribution in [3.63, 3.8) is 0 Å². The molecule has 0 saturated carbocycles. The van der Waals surface area contributed by atoms with E-state index in [1.165, 1.54) is 25.3 Å². The summed E-state index contributed by atoms with van der Waals surface area (Å²) >= 11 is 0. The van der Waals surface area contributed by atoms with Gasteiger partial charge in [0.25, 0.3) is 5.69 Å². The Kier molecular flexibility index (Phi) is 7.54. The number of methoxy groups -OCH3 is 1. The molecule has 9 nitrogen and oxygen atoms in total. The Balaban J connectivity index is 1.90. The number of nitrogens with one attached hydrogen (secondary N) is 1. The van der Waals surface area contributed by atoms with Crippen LogP contribution in [0.5, 0.6) is 5.75 Å². The maximum absolute atomic E-state index is 12.3. The van der Waals surface area contributed by atoms with Gasteiger partial charge in [0.2, 0.25) is 5.91 Å². The Morgan fingerprint density at radius 1 is 1.41 bits per heavy atom. The summed E-state index contributed by atoms with van der Waals surface area (Å²) in [4.78, 5) is 36.6. The third kappa shape index (κ3) is 5.92. The van der Waals surface area contributed by atoms with Gasteiger partial charge in [0.05, 0.1) is 30.2 Å². The monoisotopic (exact) mass is 379 g/mol. The number of ether oxygens (including phenoxy) is 2. The van der Waals surface area contributed by atoms with Gasteiger partial charge in [-0.1, -0.05) is 0 Å². The Labute approximate surface area is 157 Å². The van der Waals surface area contributed by atoms with Gasteiger partial charge in [-0.05, 0) is 32.4 Å². The van der Waals surface area contributed by atoms with Crippen molar-refractivity contribution in [2.45, 2.75) is 26.2 Å². The van der Waals surface area contributed by atoms with Crippen molar-refractivity contribution in [3.05, 3.63) is 28.3 Å². The standard InChI is InChI=1S/C18H25N3O6/c1-3-27-18(23)13-5-4-9-20(12-13)10-8-17(22)19-15-11-14(21(24)25)6-7-16(15)26-2/h6-7,11,13H,3-5,8-10,12H2,1-2H3,(H,19,22). The highest BCUT2D eigenvalue weighted by molar-refractivity contribution is 5.92. The summed E-state index contributed by atoms with van der Waals surface area (Å²) in [6.45, 7) is 4.04. The first kappa shape index (κ1) is 20.6. The molecule has 2 rings (SSSR count). The fraction of sp³-hybridized carbons (Fsp3) is 0.556. The number of hydrogen-bond donors (Lipinski definition) is 1. The molecule has 27 heavy (non-hydrogen) atoms. The minimum atomic E-state index is -0.529. The summed E-state index contributed by atoms with van der Waals surface area (Å²) in [6.07, 6.45) is 1.89. The smallest absolute Gasteiger partial charge is 0.310 e. The van der Waals surface area contributed by atoms with Crippen LogP contribution < -0.4 is 10.1 Å². The third-order valence-corrected chi connectivity index (χ3v) is 4.45. The molecule has 1 unspecified atom stereocenters. The number of amides is 1. The summed E-state index contributed by atoms with van der Waals surface area (Å²) < 4.78 is 10.2. The van der Waals surface area contributed by atoms with Gasteiger partial charge in [0.1, 0.15) is 5.75 Å². The number of nitrogens with zero attached hydrogens (tertiary/aromatic N) is 2. The van der Waals surface area contributed by atoms with Crippen LogP contribution in [0.1, 0.15) is 26.2 Å².